The molecule has 0 fully saturated rings. The van der Waals surface area contributed by atoms with Gasteiger partial charge in [0, 0.05) is 17.6 Å². The van der Waals surface area contributed by atoms with E-state index in [0.717, 1.165) is 5.32 Å². The van der Waals surface area contributed by atoms with Gasteiger partial charge in [0.25, 0.3) is 11.9 Å². The summed E-state index contributed by atoms with van der Waals surface area (Å²) in [6.45, 7) is 8.28. The van der Waals surface area contributed by atoms with Crippen molar-refractivity contribution in [2.75, 3.05) is 26.6 Å². The fourth-order valence-corrected chi connectivity index (χ4v) is 3.44. The van der Waals surface area contributed by atoms with Gasteiger partial charge in [0.2, 0.25) is 17.6 Å². The fourth-order valence-electron chi connectivity index (χ4n) is 2.55. The Morgan fingerprint density at radius 2 is 1.62 bits per heavy atom. The van der Waals surface area contributed by atoms with Crippen molar-refractivity contribution in [2.24, 2.45) is 0 Å². The van der Waals surface area contributed by atoms with Crippen LogP contribution in [0.3, 0.4) is 0 Å². The lowest BCUT2D eigenvalue weighted by atomic mass is 10.4. The molecule has 0 aliphatic heterocycles. The van der Waals surface area contributed by atoms with Crippen LogP contribution in [0.5, 0.6) is 29.6 Å². The minimum atomic E-state index is -1.68. The smallest absolute Gasteiger partial charge is 0.322 e. The Kier molecular flexibility index (Phi) is 6.63. The van der Waals surface area contributed by atoms with Crippen molar-refractivity contribution in [3.05, 3.63) is 29.8 Å². The summed E-state index contributed by atoms with van der Waals surface area (Å²) in [6.07, 6.45) is 1.77. The standard InChI is InChI=1S/C20H25N5O6Si/c1-11-17(22-13(10-21-11)32(5,6)7)31-14-9-8-12(30-14)16(26)23-15-18(27-2)24-20(29-4)25-19(15)28-3/h8-10H,1-7H3,(H,23,26). The highest BCUT2D eigenvalue weighted by Gasteiger charge is 2.23. The number of aromatic nitrogens is 4. The van der Waals surface area contributed by atoms with Crippen LogP contribution in [0.1, 0.15) is 16.2 Å². The highest BCUT2D eigenvalue weighted by molar-refractivity contribution is 6.88. The zero-order valence-corrected chi connectivity index (χ0v) is 20.0. The predicted octanol–water partition coefficient (Wildman–Crippen LogP) is 2.78. The van der Waals surface area contributed by atoms with E-state index in [1.54, 1.807) is 13.1 Å². The van der Waals surface area contributed by atoms with E-state index in [9.17, 15) is 4.79 Å². The monoisotopic (exact) mass is 459 g/mol. The second-order valence-electron chi connectivity index (χ2n) is 7.67. The van der Waals surface area contributed by atoms with Crippen molar-refractivity contribution in [1.82, 2.24) is 19.9 Å². The molecule has 0 aliphatic rings. The molecule has 0 radical (unpaired) electrons. The summed E-state index contributed by atoms with van der Waals surface area (Å²) in [5.74, 6) is -0.0163. The van der Waals surface area contributed by atoms with Gasteiger partial charge in [0.1, 0.15) is 8.07 Å². The van der Waals surface area contributed by atoms with Gasteiger partial charge in [-0.15, -0.1) is 0 Å². The number of amides is 1. The largest absolute Gasteiger partial charge is 0.479 e. The molecule has 0 aliphatic carbocycles. The molecule has 3 rings (SSSR count). The summed E-state index contributed by atoms with van der Waals surface area (Å²) in [5.41, 5.74) is 0.739. The first-order valence-corrected chi connectivity index (χ1v) is 13.1. The Hall–Kier alpha value is -3.67. The molecular formula is C20H25N5O6Si. The Morgan fingerprint density at radius 3 is 2.19 bits per heavy atom. The molecule has 0 bridgehead atoms. The Balaban J connectivity index is 1.82. The third kappa shape index (κ3) is 4.96. The molecule has 0 saturated heterocycles. The molecule has 32 heavy (non-hydrogen) atoms. The lowest BCUT2D eigenvalue weighted by Crippen LogP contribution is -2.40. The average Bonchev–Trinajstić information content (AvgIpc) is 3.23. The highest BCUT2D eigenvalue weighted by Crippen LogP contribution is 2.34. The van der Waals surface area contributed by atoms with Crippen molar-refractivity contribution in [3.63, 3.8) is 0 Å². The fraction of sp³-hybridized carbons (Fsp3) is 0.350. The van der Waals surface area contributed by atoms with E-state index >= 15 is 0 Å². The van der Waals surface area contributed by atoms with Crippen molar-refractivity contribution >= 4 is 25.0 Å². The van der Waals surface area contributed by atoms with E-state index in [-0.39, 0.29) is 35.2 Å². The van der Waals surface area contributed by atoms with Crippen LogP contribution >= 0.6 is 0 Å². The van der Waals surface area contributed by atoms with Gasteiger partial charge in [0.05, 0.1) is 27.0 Å². The molecule has 1 N–H and O–H groups in total. The zero-order valence-electron chi connectivity index (χ0n) is 19.0. The number of furan rings is 1. The van der Waals surface area contributed by atoms with E-state index in [1.807, 2.05) is 0 Å². The molecular weight excluding hydrogens is 434 g/mol. The number of methoxy groups -OCH3 is 3. The van der Waals surface area contributed by atoms with Gasteiger partial charge < -0.3 is 28.7 Å². The quantitative estimate of drug-likeness (QED) is 0.502. The van der Waals surface area contributed by atoms with Crippen LogP contribution in [0.4, 0.5) is 5.69 Å². The van der Waals surface area contributed by atoms with E-state index < -0.39 is 14.0 Å². The minimum absolute atomic E-state index is 0.00751. The molecule has 0 aromatic carbocycles. The Morgan fingerprint density at radius 1 is 0.969 bits per heavy atom. The second-order valence-corrected chi connectivity index (χ2v) is 12.7. The maximum Gasteiger partial charge on any atom is 0.322 e. The number of carbonyl (C=O) groups excluding carboxylic acids is 1. The average molecular weight is 460 g/mol. The normalized spacial score (nSPS) is 11.1. The van der Waals surface area contributed by atoms with E-state index in [0.29, 0.717) is 11.6 Å². The number of hydrogen-bond acceptors (Lipinski definition) is 10. The summed E-state index contributed by atoms with van der Waals surface area (Å²) in [7, 11) is 2.52. The third-order valence-corrected chi connectivity index (χ3v) is 6.09. The molecule has 0 atom stereocenters. The predicted molar refractivity (Wildman–Crippen MR) is 118 cm³/mol. The molecule has 1 amide bonds. The van der Waals surface area contributed by atoms with E-state index in [1.165, 1.54) is 33.5 Å². The van der Waals surface area contributed by atoms with Crippen LogP contribution < -0.4 is 29.6 Å². The van der Waals surface area contributed by atoms with Crippen molar-refractivity contribution in [1.29, 1.82) is 0 Å². The molecule has 11 nitrogen and oxygen atoms in total. The van der Waals surface area contributed by atoms with Crippen LogP contribution in [0, 0.1) is 6.92 Å². The minimum Gasteiger partial charge on any atom is -0.479 e. The van der Waals surface area contributed by atoms with Crippen molar-refractivity contribution < 1.29 is 28.2 Å². The molecule has 0 unspecified atom stereocenters. The second kappa shape index (κ2) is 9.22. The number of nitrogens with zero attached hydrogens (tertiary/aromatic N) is 4. The van der Waals surface area contributed by atoms with Crippen molar-refractivity contribution in [2.45, 2.75) is 26.6 Å². The van der Waals surface area contributed by atoms with Gasteiger partial charge in [-0.05, 0) is 13.0 Å². The molecule has 3 aromatic rings. The van der Waals surface area contributed by atoms with Crippen LogP contribution in [-0.4, -0.2) is 55.2 Å². The number of rotatable bonds is 8. The number of ether oxygens (including phenoxy) is 4. The van der Waals surface area contributed by atoms with Gasteiger partial charge >= 0.3 is 6.01 Å². The maximum atomic E-state index is 12.7. The van der Waals surface area contributed by atoms with E-state index in [2.05, 4.69) is 44.9 Å². The van der Waals surface area contributed by atoms with Crippen LogP contribution in [0.25, 0.3) is 0 Å². The summed E-state index contributed by atoms with van der Waals surface area (Å²) in [6, 6.07) is 3.03. The Labute approximate surface area is 186 Å². The number of carbonyl (C=O) groups is 1. The number of nitrogens with one attached hydrogen (secondary N) is 1. The first-order chi connectivity index (χ1) is 15.2. The van der Waals surface area contributed by atoms with Gasteiger partial charge in [-0.25, -0.2) is 4.98 Å². The molecule has 0 saturated carbocycles. The first-order valence-electron chi connectivity index (χ1n) is 9.63. The summed E-state index contributed by atoms with van der Waals surface area (Å²) < 4.78 is 26.7. The summed E-state index contributed by atoms with van der Waals surface area (Å²) in [5, 5.41) is 3.53. The number of aryl methyl sites for hydroxylation is 1. The van der Waals surface area contributed by atoms with E-state index in [4.69, 9.17) is 23.4 Å². The molecule has 170 valence electrons. The third-order valence-electron chi connectivity index (χ3n) is 4.31. The maximum absolute atomic E-state index is 12.7. The molecule has 3 aromatic heterocycles. The van der Waals surface area contributed by atoms with Gasteiger partial charge in [-0.1, -0.05) is 19.6 Å². The first kappa shape index (κ1) is 23.0. The lowest BCUT2D eigenvalue weighted by Gasteiger charge is -2.16. The lowest BCUT2D eigenvalue weighted by molar-refractivity contribution is 0.0990. The SMILES string of the molecule is COc1nc(OC)c(NC(=O)c2ccc(Oc3nc([Si](C)(C)C)cnc3C)o2)c(OC)n1. The van der Waals surface area contributed by atoms with Gasteiger partial charge in [0.15, 0.2) is 11.4 Å². The summed E-state index contributed by atoms with van der Waals surface area (Å²) in [4.78, 5) is 29.8. The van der Waals surface area contributed by atoms with Crippen LogP contribution in [0.2, 0.25) is 19.6 Å². The zero-order chi connectivity index (χ0) is 23.5. The van der Waals surface area contributed by atoms with Crippen molar-refractivity contribution in [3.8, 4) is 29.6 Å². The summed E-state index contributed by atoms with van der Waals surface area (Å²) >= 11 is 0. The highest BCUT2D eigenvalue weighted by atomic mass is 28.3. The van der Waals surface area contributed by atoms with Gasteiger partial charge in [-0.2, -0.15) is 9.97 Å². The number of anilines is 1. The molecule has 3 heterocycles. The topological polar surface area (TPSA) is 131 Å². The van der Waals surface area contributed by atoms with Crippen LogP contribution in [0.15, 0.2) is 22.7 Å². The molecule has 0 spiro atoms. The Bertz CT molecular complexity index is 1100. The molecule has 12 heteroatoms. The van der Waals surface area contributed by atoms with Crippen LogP contribution in [-0.2, 0) is 0 Å². The van der Waals surface area contributed by atoms with Gasteiger partial charge in [-0.3, -0.25) is 9.78 Å². The number of hydrogen-bond donors (Lipinski definition) is 1.